The number of pyridine rings is 1. The third kappa shape index (κ3) is 5.04. The van der Waals surface area contributed by atoms with Crippen molar-refractivity contribution in [3.8, 4) is 11.5 Å². The van der Waals surface area contributed by atoms with Crippen molar-refractivity contribution in [3.63, 3.8) is 0 Å². The predicted molar refractivity (Wildman–Crippen MR) is 140 cm³/mol. The van der Waals surface area contributed by atoms with Crippen LogP contribution in [0.2, 0.25) is 0 Å². The normalized spacial score (nSPS) is 22.3. The predicted octanol–water partition coefficient (Wildman–Crippen LogP) is 4.20. The number of Topliss-reactive ketones (excluding diaryl/α,β-unsaturated/α-hetero) is 1. The number of likely N-dealkylation sites (tertiary alicyclic amines) is 1. The highest BCUT2D eigenvalue weighted by Gasteiger charge is 2.32. The van der Waals surface area contributed by atoms with E-state index in [4.69, 9.17) is 9.47 Å². The number of carbonyl (C=O) groups excluding carboxylic acids is 1. The first-order chi connectivity index (χ1) is 17.7. The second-order valence-corrected chi connectivity index (χ2v) is 10.7. The Bertz CT molecular complexity index is 1180. The molecule has 8 nitrogen and oxygen atoms in total. The monoisotopic (exact) mass is 507 g/mol. The van der Waals surface area contributed by atoms with E-state index in [0.717, 1.165) is 94.0 Å². The van der Waals surface area contributed by atoms with Crippen LogP contribution in [-0.4, -0.2) is 69.8 Å². The molecular formula is C27H33N5O3S. The lowest BCUT2D eigenvalue weighted by molar-refractivity contribution is -0.128. The molecule has 5 heterocycles. The first-order valence-corrected chi connectivity index (χ1v) is 13.9. The van der Waals surface area contributed by atoms with Crippen LogP contribution >= 0.6 is 11.7 Å². The van der Waals surface area contributed by atoms with Crippen LogP contribution in [-0.2, 0) is 4.79 Å². The van der Waals surface area contributed by atoms with Crippen LogP contribution < -0.4 is 14.4 Å². The van der Waals surface area contributed by atoms with Crippen LogP contribution in [0.4, 0.5) is 5.69 Å². The third-order valence-electron chi connectivity index (χ3n) is 7.87. The number of hydrogen-bond donors (Lipinski definition) is 0. The fraction of sp³-hybridized carbons (Fsp3) is 0.556. The fourth-order valence-electron chi connectivity index (χ4n) is 5.97. The van der Waals surface area contributed by atoms with Gasteiger partial charge in [-0.2, -0.15) is 8.75 Å². The number of ketones is 1. The van der Waals surface area contributed by atoms with Gasteiger partial charge in [0.2, 0.25) is 0 Å². The van der Waals surface area contributed by atoms with Gasteiger partial charge in [0.05, 0.1) is 17.4 Å². The van der Waals surface area contributed by atoms with Gasteiger partial charge in [-0.05, 0) is 69.8 Å². The molecule has 190 valence electrons. The van der Waals surface area contributed by atoms with E-state index in [1.54, 1.807) is 6.20 Å². The number of carbonyl (C=O) groups is 1. The van der Waals surface area contributed by atoms with Crippen molar-refractivity contribution in [1.82, 2.24) is 18.6 Å². The Hall–Kier alpha value is -2.78. The van der Waals surface area contributed by atoms with Crippen molar-refractivity contribution >= 4 is 34.4 Å². The van der Waals surface area contributed by atoms with Gasteiger partial charge in [0.15, 0.2) is 17.1 Å². The van der Waals surface area contributed by atoms with Gasteiger partial charge in [-0.15, -0.1) is 0 Å². The van der Waals surface area contributed by atoms with Crippen LogP contribution in [0.15, 0.2) is 36.5 Å². The molecule has 0 saturated carbocycles. The van der Waals surface area contributed by atoms with Crippen LogP contribution in [0.5, 0.6) is 11.5 Å². The van der Waals surface area contributed by atoms with Crippen molar-refractivity contribution in [1.29, 1.82) is 0 Å². The molecule has 3 aliphatic rings. The number of piperidine rings is 1. The fourth-order valence-corrected chi connectivity index (χ4v) is 6.48. The third-order valence-corrected chi connectivity index (χ3v) is 8.39. The Kier molecular flexibility index (Phi) is 7.01. The molecule has 2 aromatic heterocycles. The molecule has 0 spiro atoms. The number of aromatic nitrogens is 3. The molecule has 0 amide bonds. The zero-order valence-corrected chi connectivity index (χ0v) is 21.4. The van der Waals surface area contributed by atoms with Gasteiger partial charge in [-0.25, -0.2) is 4.98 Å². The zero-order chi connectivity index (χ0) is 24.3. The van der Waals surface area contributed by atoms with E-state index in [1.807, 2.05) is 30.3 Å². The van der Waals surface area contributed by atoms with Gasteiger partial charge in [0.1, 0.15) is 24.0 Å². The number of nitrogens with zero attached hydrogens (tertiary/aromatic N) is 5. The van der Waals surface area contributed by atoms with E-state index in [0.29, 0.717) is 18.0 Å². The van der Waals surface area contributed by atoms with E-state index < -0.39 is 0 Å². The Morgan fingerprint density at radius 2 is 1.69 bits per heavy atom. The minimum Gasteiger partial charge on any atom is -0.486 e. The molecule has 9 heteroatoms. The van der Waals surface area contributed by atoms with Gasteiger partial charge in [0, 0.05) is 37.7 Å². The maximum Gasteiger partial charge on any atom is 0.195 e. The second-order valence-electron chi connectivity index (χ2n) is 10.2. The Morgan fingerprint density at radius 3 is 2.50 bits per heavy atom. The average molecular weight is 508 g/mol. The summed E-state index contributed by atoms with van der Waals surface area (Å²) in [5.41, 5.74) is 2.69. The Labute approximate surface area is 215 Å². The summed E-state index contributed by atoms with van der Waals surface area (Å²) in [5.74, 6) is 2.57. The molecule has 2 saturated heterocycles. The van der Waals surface area contributed by atoms with Crippen LogP contribution in [0.1, 0.15) is 38.5 Å². The number of rotatable bonds is 5. The molecule has 36 heavy (non-hydrogen) atoms. The molecule has 6 rings (SSSR count). The Balaban J connectivity index is 0.978. The van der Waals surface area contributed by atoms with Gasteiger partial charge in [-0.3, -0.25) is 9.69 Å². The lowest BCUT2D eigenvalue weighted by Crippen LogP contribution is -2.43. The summed E-state index contributed by atoms with van der Waals surface area (Å²) < 4.78 is 20.8. The maximum atomic E-state index is 13.4. The first kappa shape index (κ1) is 23.6. The summed E-state index contributed by atoms with van der Waals surface area (Å²) in [6.45, 7) is 5.28. The molecule has 1 aromatic carbocycles. The highest BCUT2D eigenvalue weighted by atomic mass is 32.1. The molecular weight excluding hydrogens is 474 g/mol. The van der Waals surface area contributed by atoms with Crippen molar-refractivity contribution in [2.45, 2.75) is 44.6 Å². The van der Waals surface area contributed by atoms with E-state index >= 15 is 0 Å². The lowest BCUT2D eigenvalue weighted by Gasteiger charge is -2.35. The number of anilines is 1. The maximum absolute atomic E-state index is 13.4. The summed E-state index contributed by atoms with van der Waals surface area (Å²) in [5, 5.41) is 0. The minimum atomic E-state index is 0.0589. The quantitative estimate of drug-likeness (QED) is 0.508. The number of hydrogen-bond acceptors (Lipinski definition) is 9. The molecule has 3 aliphatic heterocycles. The van der Waals surface area contributed by atoms with Gasteiger partial charge in [-0.1, -0.05) is 12.1 Å². The van der Waals surface area contributed by atoms with Crippen LogP contribution in [0.3, 0.4) is 0 Å². The SMILES string of the molecule is O=C(C1CCCN(CC2COc3ccccc3O2)CCC1)C1CCN(c2ccnc3nsnc23)CC1. The van der Waals surface area contributed by atoms with Crippen LogP contribution in [0.25, 0.3) is 11.2 Å². The summed E-state index contributed by atoms with van der Waals surface area (Å²) in [7, 11) is 0. The first-order valence-electron chi connectivity index (χ1n) is 13.2. The van der Waals surface area contributed by atoms with Gasteiger partial charge < -0.3 is 14.4 Å². The molecule has 0 aliphatic carbocycles. The standard InChI is InChI=1S/C27H33N5O3S/c33-26(20-10-15-32(16-11-20)22-9-12-28-27-25(22)29-36-30-27)19-5-3-13-31(14-4-6-19)17-21-18-34-23-7-1-2-8-24(23)35-21/h1-2,7-9,12,19-21H,3-6,10-11,13-18H2. The van der Waals surface area contributed by atoms with Crippen molar-refractivity contribution in [3.05, 3.63) is 36.5 Å². The van der Waals surface area contributed by atoms with Crippen molar-refractivity contribution in [2.24, 2.45) is 11.8 Å². The van der Waals surface area contributed by atoms with Gasteiger partial charge >= 0.3 is 0 Å². The summed E-state index contributed by atoms with van der Waals surface area (Å²) >= 11 is 1.21. The highest BCUT2D eigenvalue weighted by molar-refractivity contribution is 7.00. The zero-order valence-electron chi connectivity index (χ0n) is 20.6. The molecule has 0 bridgehead atoms. The summed E-state index contributed by atoms with van der Waals surface area (Å²) in [6, 6.07) is 9.91. The molecule has 1 unspecified atom stereocenters. The van der Waals surface area contributed by atoms with E-state index in [9.17, 15) is 4.79 Å². The second kappa shape index (κ2) is 10.7. The van der Waals surface area contributed by atoms with E-state index in [2.05, 4.69) is 23.5 Å². The Morgan fingerprint density at radius 1 is 0.944 bits per heavy atom. The lowest BCUT2D eigenvalue weighted by atomic mass is 9.81. The number of ether oxygens (including phenoxy) is 2. The largest absolute Gasteiger partial charge is 0.486 e. The van der Waals surface area contributed by atoms with Crippen molar-refractivity contribution < 1.29 is 14.3 Å². The highest BCUT2D eigenvalue weighted by Crippen LogP contribution is 2.33. The molecule has 2 fully saturated rings. The van der Waals surface area contributed by atoms with Gasteiger partial charge in [0.25, 0.3) is 0 Å². The smallest absolute Gasteiger partial charge is 0.195 e. The average Bonchev–Trinajstić information content (AvgIpc) is 3.39. The minimum absolute atomic E-state index is 0.0589. The van der Waals surface area contributed by atoms with E-state index in [1.165, 1.54) is 11.7 Å². The topological polar surface area (TPSA) is 80.7 Å². The summed E-state index contributed by atoms with van der Waals surface area (Å²) in [4.78, 5) is 22.6. The van der Waals surface area contributed by atoms with Crippen LogP contribution in [0, 0.1) is 11.8 Å². The molecule has 1 atom stereocenters. The van der Waals surface area contributed by atoms with E-state index in [-0.39, 0.29) is 17.9 Å². The summed E-state index contributed by atoms with van der Waals surface area (Å²) in [6.07, 6.45) is 7.82. The molecule has 0 N–H and O–H groups in total. The van der Waals surface area contributed by atoms with Crippen molar-refractivity contribution in [2.75, 3.05) is 44.2 Å². The number of para-hydroxylation sites is 2. The number of benzene rings is 1. The molecule has 3 aromatic rings. The molecule has 0 radical (unpaired) electrons. The number of fused-ring (bicyclic) bond motifs is 2.